The summed E-state index contributed by atoms with van der Waals surface area (Å²) in [7, 11) is 0. The quantitative estimate of drug-likeness (QED) is 0.856. The summed E-state index contributed by atoms with van der Waals surface area (Å²) in [5, 5.41) is 7.35. The highest BCUT2D eigenvalue weighted by Crippen LogP contribution is 2.23. The fourth-order valence-electron chi connectivity index (χ4n) is 2.65. The fraction of sp³-hybridized carbons (Fsp3) is 0.357. The maximum absolute atomic E-state index is 13.8. The minimum Gasteiger partial charge on any atom is -0.364 e. The molecule has 0 aromatic carbocycles. The van der Waals surface area contributed by atoms with Crippen LogP contribution in [0.3, 0.4) is 0 Å². The third-order valence-corrected chi connectivity index (χ3v) is 3.76. The molecule has 2 aromatic rings. The number of carbonyl (C=O) groups excluding carboxylic acids is 2. The van der Waals surface area contributed by atoms with E-state index >= 15 is 0 Å². The van der Waals surface area contributed by atoms with Crippen LogP contribution in [-0.4, -0.2) is 55.5 Å². The standard InChI is InChI=1S/C14H14F2N6O2/c15-8-1-2-11(18-4-8)14(24)22-5-9(16)3-10(22)6-21-7-12(13(17)23)19-20-21/h1-2,4,7,9-10H,3,5-6H2,(H2,17,23). The average Bonchev–Trinajstić information content (AvgIpc) is 3.14. The number of nitrogens with two attached hydrogens (primary N) is 1. The molecule has 2 N–H and O–H groups in total. The van der Waals surface area contributed by atoms with Gasteiger partial charge in [-0.3, -0.25) is 9.59 Å². The normalized spacial score (nSPS) is 20.3. The number of aromatic nitrogens is 4. The van der Waals surface area contributed by atoms with E-state index in [1.54, 1.807) is 0 Å². The lowest BCUT2D eigenvalue weighted by Gasteiger charge is -2.23. The van der Waals surface area contributed by atoms with E-state index in [1.165, 1.54) is 21.8 Å². The smallest absolute Gasteiger partial charge is 0.272 e. The second kappa shape index (κ2) is 6.30. The number of primary amides is 1. The minimum absolute atomic E-state index is 0.0112. The molecule has 3 rings (SSSR count). The Morgan fingerprint density at radius 2 is 2.12 bits per heavy atom. The summed E-state index contributed by atoms with van der Waals surface area (Å²) in [6, 6.07) is 1.89. The molecule has 3 heterocycles. The summed E-state index contributed by atoms with van der Waals surface area (Å²) >= 11 is 0. The number of hydrogen-bond donors (Lipinski definition) is 1. The van der Waals surface area contributed by atoms with Gasteiger partial charge in [-0.1, -0.05) is 5.21 Å². The van der Waals surface area contributed by atoms with Gasteiger partial charge in [0.2, 0.25) is 0 Å². The molecule has 2 amide bonds. The highest BCUT2D eigenvalue weighted by molar-refractivity contribution is 5.92. The van der Waals surface area contributed by atoms with E-state index in [2.05, 4.69) is 15.3 Å². The van der Waals surface area contributed by atoms with Crippen LogP contribution in [0.15, 0.2) is 24.5 Å². The van der Waals surface area contributed by atoms with Crippen molar-refractivity contribution in [1.29, 1.82) is 0 Å². The minimum atomic E-state index is -1.18. The second-order valence-electron chi connectivity index (χ2n) is 5.50. The predicted octanol–water partition coefficient (Wildman–Crippen LogP) is 0.164. The van der Waals surface area contributed by atoms with Gasteiger partial charge in [0.1, 0.15) is 17.7 Å². The van der Waals surface area contributed by atoms with Crippen molar-refractivity contribution < 1.29 is 18.4 Å². The molecule has 1 saturated heterocycles. The van der Waals surface area contributed by atoms with Crippen molar-refractivity contribution in [2.24, 2.45) is 5.73 Å². The summed E-state index contributed by atoms with van der Waals surface area (Å²) in [5.41, 5.74) is 5.13. The van der Waals surface area contributed by atoms with Gasteiger partial charge in [0, 0.05) is 6.42 Å². The topological polar surface area (TPSA) is 107 Å². The Morgan fingerprint density at radius 3 is 2.75 bits per heavy atom. The molecule has 0 saturated carbocycles. The first kappa shape index (κ1) is 16.0. The lowest BCUT2D eigenvalue weighted by molar-refractivity contribution is 0.0708. The second-order valence-corrected chi connectivity index (χ2v) is 5.50. The van der Waals surface area contributed by atoms with Gasteiger partial charge in [-0.25, -0.2) is 18.4 Å². The SMILES string of the molecule is NC(=O)c1cn(CC2CC(F)CN2C(=O)c2ccc(F)cn2)nn1. The summed E-state index contributed by atoms with van der Waals surface area (Å²) in [6.07, 6.45) is 1.21. The van der Waals surface area contributed by atoms with E-state index in [-0.39, 0.29) is 30.9 Å². The summed E-state index contributed by atoms with van der Waals surface area (Å²) in [5.74, 6) is -1.77. The van der Waals surface area contributed by atoms with Crippen LogP contribution in [0.4, 0.5) is 8.78 Å². The van der Waals surface area contributed by atoms with Crippen molar-refractivity contribution in [3.05, 3.63) is 41.7 Å². The first-order valence-electron chi connectivity index (χ1n) is 7.20. The highest BCUT2D eigenvalue weighted by atomic mass is 19.1. The monoisotopic (exact) mass is 336 g/mol. The number of carbonyl (C=O) groups is 2. The number of pyridine rings is 1. The lowest BCUT2D eigenvalue weighted by Crippen LogP contribution is -2.38. The number of likely N-dealkylation sites (tertiary alicyclic amines) is 1. The zero-order chi connectivity index (χ0) is 17.3. The van der Waals surface area contributed by atoms with Gasteiger partial charge in [0.05, 0.1) is 31.5 Å². The van der Waals surface area contributed by atoms with Crippen LogP contribution in [-0.2, 0) is 6.54 Å². The highest BCUT2D eigenvalue weighted by Gasteiger charge is 2.36. The van der Waals surface area contributed by atoms with Crippen LogP contribution in [0.5, 0.6) is 0 Å². The Bertz CT molecular complexity index is 763. The van der Waals surface area contributed by atoms with E-state index in [4.69, 9.17) is 5.73 Å². The van der Waals surface area contributed by atoms with Crippen molar-refractivity contribution in [2.75, 3.05) is 6.54 Å². The fourth-order valence-corrected chi connectivity index (χ4v) is 2.65. The molecule has 0 radical (unpaired) electrons. The number of amides is 2. The molecule has 1 aliphatic heterocycles. The van der Waals surface area contributed by atoms with E-state index in [1.807, 2.05) is 0 Å². The summed E-state index contributed by atoms with van der Waals surface area (Å²) in [6.45, 7) is 0.0769. The largest absolute Gasteiger partial charge is 0.364 e. The van der Waals surface area contributed by atoms with Crippen LogP contribution in [0.2, 0.25) is 0 Å². The van der Waals surface area contributed by atoms with Gasteiger partial charge >= 0.3 is 0 Å². The van der Waals surface area contributed by atoms with Gasteiger partial charge in [-0.2, -0.15) is 0 Å². The van der Waals surface area contributed by atoms with E-state index in [0.717, 1.165) is 12.3 Å². The average molecular weight is 336 g/mol. The van der Waals surface area contributed by atoms with E-state index in [9.17, 15) is 18.4 Å². The van der Waals surface area contributed by atoms with Crippen molar-refractivity contribution in [3.8, 4) is 0 Å². The van der Waals surface area contributed by atoms with Gasteiger partial charge in [0.25, 0.3) is 11.8 Å². The molecular formula is C14H14F2N6O2. The Labute approximate surface area is 135 Å². The molecule has 24 heavy (non-hydrogen) atoms. The predicted molar refractivity (Wildman–Crippen MR) is 77.1 cm³/mol. The van der Waals surface area contributed by atoms with Gasteiger partial charge < -0.3 is 10.6 Å². The van der Waals surface area contributed by atoms with Gasteiger partial charge in [-0.05, 0) is 12.1 Å². The lowest BCUT2D eigenvalue weighted by atomic mass is 10.2. The third kappa shape index (κ3) is 3.21. The first-order valence-corrected chi connectivity index (χ1v) is 7.20. The molecule has 10 heteroatoms. The molecule has 8 nitrogen and oxygen atoms in total. The van der Waals surface area contributed by atoms with Crippen LogP contribution in [0.25, 0.3) is 0 Å². The molecule has 2 atom stereocenters. The number of alkyl halides is 1. The molecule has 2 aromatic heterocycles. The molecule has 2 unspecified atom stereocenters. The Hall–Kier alpha value is -2.91. The van der Waals surface area contributed by atoms with Gasteiger partial charge in [0.15, 0.2) is 5.69 Å². The molecule has 1 aliphatic rings. The maximum Gasteiger partial charge on any atom is 0.272 e. The molecule has 0 spiro atoms. The van der Waals surface area contributed by atoms with Crippen LogP contribution in [0, 0.1) is 5.82 Å². The van der Waals surface area contributed by atoms with Crippen molar-refractivity contribution in [2.45, 2.75) is 25.2 Å². The molecule has 0 aliphatic carbocycles. The Morgan fingerprint density at radius 1 is 1.33 bits per heavy atom. The van der Waals surface area contributed by atoms with Crippen molar-refractivity contribution >= 4 is 11.8 Å². The number of rotatable bonds is 4. The Balaban J connectivity index is 1.77. The van der Waals surface area contributed by atoms with E-state index < -0.39 is 29.8 Å². The first-order chi connectivity index (χ1) is 11.4. The molecule has 1 fully saturated rings. The Kier molecular flexibility index (Phi) is 4.19. The van der Waals surface area contributed by atoms with Crippen LogP contribution in [0.1, 0.15) is 27.4 Å². The maximum atomic E-state index is 13.8. The van der Waals surface area contributed by atoms with E-state index in [0.29, 0.717) is 0 Å². The van der Waals surface area contributed by atoms with Crippen LogP contribution < -0.4 is 5.73 Å². The van der Waals surface area contributed by atoms with Gasteiger partial charge in [-0.15, -0.1) is 5.10 Å². The zero-order valence-corrected chi connectivity index (χ0v) is 12.5. The summed E-state index contributed by atoms with van der Waals surface area (Å²) in [4.78, 5) is 28.6. The molecular weight excluding hydrogens is 322 g/mol. The van der Waals surface area contributed by atoms with Crippen LogP contribution >= 0.6 is 0 Å². The summed E-state index contributed by atoms with van der Waals surface area (Å²) < 4.78 is 28.1. The zero-order valence-electron chi connectivity index (χ0n) is 12.5. The molecule has 0 bridgehead atoms. The van der Waals surface area contributed by atoms with Crippen molar-refractivity contribution in [3.63, 3.8) is 0 Å². The number of hydrogen-bond acceptors (Lipinski definition) is 5. The number of nitrogens with zero attached hydrogens (tertiary/aromatic N) is 5. The third-order valence-electron chi connectivity index (χ3n) is 3.76. The number of halogens is 2. The molecule has 126 valence electrons. The van der Waals surface area contributed by atoms with Crippen molar-refractivity contribution in [1.82, 2.24) is 24.9 Å².